The quantitative estimate of drug-likeness (QED) is 0.547. The van der Waals surface area contributed by atoms with Gasteiger partial charge >= 0.3 is 5.97 Å². The van der Waals surface area contributed by atoms with E-state index in [9.17, 15) is 9.90 Å². The molecular weight excluding hydrogens is 204 g/mol. The summed E-state index contributed by atoms with van der Waals surface area (Å²) in [5.41, 5.74) is 0. The van der Waals surface area contributed by atoms with Gasteiger partial charge in [0.05, 0.1) is 0 Å². The SMILES string of the molecule is O=C1CCC/C=C\C[C@@H]2[C@@H](CO)CC[C@@H]2O1. The average molecular weight is 224 g/mol. The first-order chi connectivity index (χ1) is 7.81. The zero-order chi connectivity index (χ0) is 11.4. The lowest BCUT2D eigenvalue weighted by Crippen LogP contribution is -2.26. The number of aliphatic hydroxyl groups is 1. The molecule has 3 nitrogen and oxygen atoms in total. The Morgan fingerprint density at radius 1 is 1.38 bits per heavy atom. The van der Waals surface area contributed by atoms with Crippen molar-refractivity contribution in [3.05, 3.63) is 12.2 Å². The van der Waals surface area contributed by atoms with Crippen molar-refractivity contribution in [3.63, 3.8) is 0 Å². The third-order valence-corrected chi connectivity index (χ3v) is 3.75. The van der Waals surface area contributed by atoms with E-state index in [1.807, 2.05) is 0 Å². The molecule has 1 fully saturated rings. The van der Waals surface area contributed by atoms with Gasteiger partial charge in [0.15, 0.2) is 0 Å². The van der Waals surface area contributed by atoms with Crippen molar-refractivity contribution < 1.29 is 14.6 Å². The molecule has 0 radical (unpaired) electrons. The van der Waals surface area contributed by atoms with Crippen molar-refractivity contribution in [3.8, 4) is 0 Å². The van der Waals surface area contributed by atoms with E-state index in [4.69, 9.17) is 4.74 Å². The topological polar surface area (TPSA) is 46.5 Å². The first-order valence-corrected chi connectivity index (χ1v) is 6.26. The summed E-state index contributed by atoms with van der Waals surface area (Å²) < 4.78 is 5.50. The van der Waals surface area contributed by atoms with Crippen LogP contribution in [0.15, 0.2) is 12.2 Å². The first kappa shape index (κ1) is 11.6. The van der Waals surface area contributed by atoms with Crippen LogP contribution in [0.4, 0.5) is 0 Å². The Balaban J connectivity index is 2.06. The molecule has 0 bridgehead atoms. The smallest absolute Gasteiger partial charge is 0.306 e. The first-order valence-electron chi connectivity index (χ1n) is 6.26. The molecular formula is C13H20O3. The minimum Gasteiger partial charge on any atom is -0.462 e. The van der Waals surface area contributed by atoms with Gasteiger partial charge in [0.2, 0.25) is 0 Å². The number of hydrogen-bond donors (Lipinski definition) is 1. The van der Waals surface area contributed by atoms with E-state index in [0.717, 1.165) is 32.1 Å². The van der Waals surface area contributed by atoms with Crippen molar-refractivity contribution in [2.45, 2.75) is 44.6 Å². The monoisotopic (exact) mass is 224 g/mol. The molecule has 0 unspecified atom stereocenters. The Morgan fingerprint density at radius 3 is 3.06 bits per heavy atom. The molecule has 1 saturated carbocycles. The van der Waals surface area contributed by atoms with Crippen LogP contribution in [0, 0.1) is 11.8 Å². The number of esters is 1. The molecule has 3 atom stereocenters. The Kier molecular flexibility index (Phi) is 3.99. The lowest BCUT2D eigenvalue weighted by molar-refractivity contribution is -0.151. The van der Waals surface area contributed by atoms with E-state index < -0.39 is 0 Å². The fraction of sp³-hybridized carbons (Fsp3) is 0.769. The van der Waals surface area contributed by atoms with Gasteiger partial charge in [-0.15, -0.1) is 0 Å². The van der Waals surface area contributed by atoms with Gasteiger partial charge < -0.3 is 9.84 Å². The van der Waals surface area contributed by atoms with E-state index >= 15 is 0 Å². The molecule has 0 amide bonds. The van der Waals surface area contributed by atoms with Crippen molar-refractivity contribution in [2.75, 3.05) is 6.61 Å². The van der Waals surface area contributed by atoms with Crippen LogP contribution >= 0.6 is 0 Å². The second-order valence-corrected chi connectivity index (χ2v) is 4.81. The molecule has 1 heterocycles. The lowest BCUT2D eigenvalue weighted by atomic mass is 9.91. The second-order valence-electron chi connectivity index (χ2n) is 4.81. The maximum atomic E-state index is 11.5. The third-order valence-electron chi connectivity index (χ3n) is 3.75. The van der Waals surface area contributed by atoms with Gasteiger partial charge in [-0.25, -0.2) is 0 Å². The molecule has 0 spiro atoms. The summed E-state index contributed by atoms with van der Waals surface area (Å²) in [6.45, 7) is 0.215. The van der Waals surface area contributed by atoms with Gasteiger partial charge in [0.1, 0.15) is 6.10 Å². The molecule has 0 saturated heterocycles. The van der Waals surface area contributed by atoms with Crippen LogP contribution in [0.1, 0.15) is 38.5 Å². The molecule has 1 N–H and O–H groups in total. The van der Waals surface area contributed by atoms with Gasteiger partial charge in [0, 0.05) is 18.9 Å². The van der Waals surface area contributed by atoms with Crippen molar-refractivity contribution >= 4 is 5.97 Å². The third kappa shape index (κ3) is 2.64. The summed E-state index contributed by atoms with van der Waals surface area (Å²) in [5.74, 6) is 0.564. The van der Waals surface area contributed by atoms with Crippen LogP contribution in [0.3, 0.4) is 0 Å². The number of carbonyl (C=O) groups excluding carboxylic acids is 1. The van der Waals surface area contributed by atoms with E-state index in [0.29, 0.717) is 18.3 Å². The van der Waals surface area contributed by atoms with Gasteiger partial charge in [-0.3, -0.25) is 4.79 Å². The van der Waals surface area contributed by atoms with Gasteiger partial charge in [-0.1, -0.05) is 12.2 Å². The normalized spacial score (nSPS) is 37.6. The van der Waals surface area contributed by atoms with Crippen LogP contribution in [-0.4, -0.2) is 23.8 Å². The summed E-state index contributed by atoms with van der Waals surface area (Å²) in [7, 11) is 0. The fourth-order valence-corrected chi connectivity index (χ4v) is 2.79. The molecule has 0 aromatic carbocycles. The van der Waals surface area contributed by atoms with Crippen LogP contribution in [0.2, 0.25) is 0 Å². The lowest BCUT2D eigenvalue weighted by Gasteiger charge is -2.23. The molecule has 0 aromatic rings. The summed E-state index contributed by atoms with van der Waals surface area (Å²) in [6.07, 6.45) is 9.56. The Bertz CT molecular complexity index is 272. The number of allylic oxidation sites excluding steroid dienone is 2. The largest absolute Gasteiger partial charge is 0.462 e. The zero-order valence-electron chi connectivity index (χ0n) is 9.60. The Morgan fingerprint density at radius 2 is 2.25 bits per heavy atom. The Labute approximate surface area is 96.5 Å². The van der Waals surface area contributed by atoms with Gasteiger partial charge in [-0.2, -0.15) is 0 Å². The Hall–Kier alpha value is -0.830. The highest BCUT2D eigenvalue weighted by atomic mass is 16.5. The molecule has 90 valence electrons. The number of hydrogen-bond acceptors (Lipinski definition) is 3. The van der Waals surface area contributed by atoms with Crippen LogP contribution in [0.5, 0.6) is 0 Å². The number of aliphatic hydroxyl groups excluding tert-OH is 1. The number of fused-ring (bicyclic) bond motifs is 1. The van der Waals surface area contributed by atoms with E-state index in [1.165, 1.54) is 0 Å². The summed E-state index contributed by atoms with van der Waals surface area (Å²) in [6, 6.07) is 0. The standard InChI is InChI=1S/C13H20O3/c14-9-10-7-8-12-11(10)5-3-1-2-4-6-13(15)16-12/h1,3,10-12,14H,2,4-9H2/b3-1-/t10-,11-,12+/m1/s1. The van der Waals surface area contributed by atoms with E-state index in [-0.39, 0.29) is 18.7 Å². The summed E-state index contributed by atoms with van der Waals surface area (Å²) >= 11 is 0. The number of ether oxygens (including phenoxy) is 1. The molecule has 2 rings (SSSR count). The van der Waals surface area contributed by atoms with Crippen LogP contribution < -0.4 is 0 Å². The molecule has 1 aliphatic heterocycles. The average Bonchev–Trinajstić information content (AvgIpc) is 2.66. The van der Waals surface area contributed by atoms with Gasteiger partial charge in [0.25, 0.3) is 0 Å². The summed E-state index contributed by atoms with van der Waals surface area (Å²) in [4.78, 5) is 11.5. The van der Waals surface area contributed by atoms with Crippen molar-refractivity contribution in [2.24, 2.45) is 11.8 Å². The van der Waals surface area contributed by atoms with E-state index in [2.05, 4.69) is 12.2 Å². The molecule has 1 aliphatic carbocycles. The minimum absolute atomic E-state index is 0.0346. The fourth-order valence-electron chi connectivity index (χ4n) is 2.79. The van der Waals surface area contributed by atoms with Gasteiger partial charge in [-0.05, 0) is 38.0 Å². The molecule has 3 heteroatoms. The van der Waals surface area contributed by atoms with Crippen molar-refractivity contribution in [1.82, 2.24) is 0 Å². The highest BCUT2D eigenvalue weighted by molar-refractivity contribution is 5.69. The molecule has 0 aromatic heterocycles. The highest BCUT2D eigenvalue weighted by Gasteiger charge is 2.37. The molecule has 2 aliphatic rings. The summed E-state index contributed by atoms with van der Waals surface area (Å²) in [5, 5.41) is 9.29. The van der Waals surface area contributed by atoms with Crippen LogP contribution in [0.25, 0.3) is 0 Å². The van der Waals surface area contributed by atoms with Crippen molar-refractivity contribution in [1.29, 1.82) is 0 Å². The number of carbonyl (C=O) groups is 1. The maximum absolute atomic E-state index is 11.5. The highest BCUT2D eigenvalue weighted by Crippen LogP contribution is 2.37. The maximum Gasteiger partial charge on any atom is 0.306 e. The predicted molar refractivity (Wildman–Crippen MR) is 60.8 cm³/mol. The predicted octanol–water partition coefficient (Wildman–Crippen LogP) is 2.05. The van der Waals surface area contributed by atoms with E-state index in [1.54, 1.807) is 0 Å². The van der Waals surface area contributed by atoms with Crippen LogP contribution in [-0.2, 0) is 9.53 Å². The zero-order valence-corrected chi connectivity index (χ0v) is 9.60. The minimum atomic E-state index is -0.0658. The molecule has 16 heavy (non-hydrogen) atoms. The second kappa shape index (κ2) is 5.48. The number of rotatable bonds is 1.